The zero-order chi connectivity index (χ0) is 21.5. The molecular formula is C22H27N5O4. The predicted octanol–water partition coefficient (Wildman–Crippen LogP) is 0.158. The molecule has 0 spiro atoms. The lowest BCUT2D eigenvalue weighted by atomic mass is 9.58. The zero-order valence-corrected chi connectivity index (χ0v) is 17.5. The van der Waals surface area contributed by atoms with E-state index in [1.54, 1.807) is 12.4 Å². The summed E-state index contributed by atoms with van der Waals surface area (Å²) >= 11 is 0. The second-order valence-electron chi connectivity index (χ2n) is 9.02. The average Bonchev–Trinajstić information content (AvgIpc) is 3.04. The normalized spacial score (nSPS) is 31.0. The first-order valence-electron chi connectivity index (χ1n) is 11.2. The van der Waals surface area contributed by atoms with Gasteiger partial charge in [0.15, 0.2) is 0 Å². The molecular weight excluding hydrogens is 398 g/mol. The molecule has 5 fully saturated rings. The van der Waals surface area contributed by atoms with Gasteiger partial charge in [-0.2, -0.15) is 0 Å². The standard InChI is InChI=1S/C22H27N5O4/c28-16-12-14-17(29)13-15(16)19-18(14)20(30)27(21(19)31)7-2-1-6-25-8-10-26(11-9-25)22-23-4-3-5-24-22/h3-5,14-15,18-19H,1-2,6-13H2. The molecule has 0 radical (unpaired) electrons. The van der Waals surface area contributed by atoms with Gasteiger partial charge in [-0.15, -0.1) is 0 Å². The highest BCUT2D eigenvalue weighted by Gasteiger charge is 2.63. The predicted molar refractivity (Wildman–Crippen MR) is 110 cm³/mol. The van der Waals surface area contributed by atoms with Crippen molar-refractivity contribution >= 4 is 29.3 Å². The lowest BCUT2D eigenvalue weighted by molar-refractivity contribution is -0.153. The van der Waals surface area contributed by atoms with E-state index in [1.165, 1.54) is 4.90 Å². The van der Waals surface area contributed by atoms with Gasteiger partial charge in [0, 0.05) is 69.8 Å². The molecule has 9 heteroatoms. The van der Waals surface area contributed by atoms with Crippen molar-refractivity contribution in [3.05, 3.63) is 18.5 Å². The van der Waals surface area contributed by atoms with Crippen molar-refractivity contribution in [2.75, 3.05) is 44.2 Å². The van der Waals surface area contributed by atoms with Crippen LogP contribution in [0.25, 0.3) is 0 Å². The maximum Gasteiger partial charge on any atom is 0.233 e. The van der Waals surface area contributed by atoms with Crippen LogP contribution in [-0.4, -0.2) is 82.4 Å². The van der Waals surface area contributed by atoms with Gasteiger partial charge in [-0.25, -0.2) is 9.97 Å². The molecule has 2 bridgehead atoms. The van der Waals surface area contributed by atoms with Crippen molar-refractivity contribution in [3.8, 4) is 0 Å². The quantitative estimate of drug-likeness (QED) is 0.469. The second kappa shape index (κ2) is 8.11. The van der Waals surface area contributed by atoms with Crippen LogP contribution >= 0.6 is 0 Å². The summed E-state index contributed by atoms with van der Waals surface area (Å²) in [6, 6.07) is 1.81. The lowest BCUT2D eigenvalue weighted by Crippen LogP contribution is -2.51. The minimum atomic E-state index is -0.593. The van der Waals surface area contributed by atoms with E-state index in [0.29, 0.717) is 6.54 Å². The Morgan fingerprint density at radius 2 is 1.32 bits per heavy atom. The van der Waals surface area contributed by atoms with E-state index >= 15 is 0 Å². The Bertz CT molecular complexity index is 858. The Morgan fingerprint density at radius 3 is 1.90 bits per heavy atom. The molecule has 5 aliphatic rings. The van der Waals surface area contributed by atoms with Crippen LogP contribution in [0.5, 0.6) is 0 Å². The molecule has 2 amide bonds. The van der Waals surface area contributed by atoms with Crippen LogP contribution in [-0.2, 0) is 19.2 Å². The number of ketones is 2. The van der Waals surface area contributed by atoms with Crippen molar-refractivity contribution in [1.82, 2.24) is 19.8 Å². The number of amides is 2. The largest absolute Gasteiger partial charge is 0.338 e. The number of piperazine rings is 1. The third-order valence-electron chi connectivity index (χ3n) is 7.34. The van der Waals surface area contributed by atoms with Crippen molar-refractivity contribution in [2.24, 2.45) is 23.7 Å². The Kier molecular flexibility index (Phi) is 5.29. The van der Waals surface area contributed by atoms with Gasteiger partial charge in [0.1, 0.15) is 11.6 Å². The number of fused-ring (bicyclic) bond motifs is 2. The minimum Gasteiger partial charge on any atom is -0.338 e. The summed E-state index contributed by atoms with van der Waals surface area (Å²) in [5.74, 6) is -2.08. The molecule has 9 nitrogen and oxygen atoms in total. The van der Waals surface area contributed by atoms with E-state index in [-0.39, 0.29) is 36.2 Å². The van der Waals surface area contributed by atoms with E-state index in [1.807, 2.05) is 6.07 Å². The highest BCUT2D eigenvalue weighted by atomic mass is 16.2. The van der Waals surface area contributed by atoms with Crippen LogP contribution in [0.4, 0.5) is 5.95 Å². The smallest absolute Gasteiger partial charge is 0.233 e. The SMILES string of the molecule is O=C1CC2C(=O)CC1C1C(=O)N(CCCCN3CCN(c4ncccn4)CC3)C(=O)C21. The van der Waals surface area contributed by atoms with Gasteiger partial charge in [0.25, 0.3) is 0 Å². The number of hydrogen-bond donors (Lipinski definition) is 0. The Balaban J connectivity index is 1.09. The molecule has 1 aromatic heterocycles. The minimum absolute atomic E-state index is 0.0195. The first-order valence-corrected chi connectivity index (χ1v) is 11.2. The number of imide groups is 1. The van der Waals surface area contributed by atoms with Gasteiger partial charge in [-0.05, 0) is 25.5 Å². The van der Waals surface area contributed by atoms with Gasteiger partial charge in [-0.3, -0.25) is 29.0 Å². The van der Waals surface area contributed by atoms with Gasteiger partial charge in [0.05, 0.1) is 11.8 Å². The molecule has 164 valence electrons. The van der Waals surface area contributed by atoms with Gasteiger partial charge >= 0.3 is 0 Å². The number of aromatic nitrogens is 2. The third kappa shape index (κ3) is 3.54. The zero-order valence-electron chi connectivity index (χ0n) is 17.5. The number of unbranched alkanes of at least 4 members (excludes halogenated alkanes) is 1. The molecule has 2 aliphatic heterocycles. The van der Waals surface area contributed by atoms with Crippen LogP contribution in [0, 0.1) is 23.7 Å². The monoisotopic (exact) mass is 425 g/mol. The molecule has 4 unspecified atom stereocenters. The summed E-state index contributed by atoms with van der Waals surface area (Å²) < 4.78 is 0. The van der Waals surface area contributed by atoms with Crippen molar-refractivity contribution in [3.63, 3.8) is 0 Å². The fourth-order valence-electron chi connectivity index (χ4n) is 5.69. The summed E-state index contributed by atoms with van der Waals surface area (Å²) in [6.45, 7) is 4.90. The van der Waals surface area contributed by atoms with Crippen molar-refractivity contribution in [2.45, 2.75) is 25.7 Å². The highest BCUT2D eigenvalue weighted by Crippen LogP contribution is 2.49. The topological polar surface area (TPSA) is 104 Å². The van der Waals surface area contributed by atoms with Crippen LogP contribution in [0.2, 0.25) is 0 Å². The summed E-state index contributed by atoms with van der Waals surface area (Å²) in [6.07, 6.45) is 5.40. The lowest BCUT2D eigenvalue weighted by Gasteiger charge is -2.40. The number of rotatable bonds is 6. The summed E-state index contributed by atoms with van der Waals surface area (Å²) in [4.78, 5) is 64.6. The molecule has 31 heavy (non-hydrogen) atoms. The summed E-state index contributed by atoms with van der Waals surface area (Å²) in [5.41, 5.74) is 0. The number of carbonyl (C=O) groups is 4. The maximum absolute atomic E-state index is 12.9. The van der Waals surface area contributed by atoms with Crippen LogP contribution in [0.1, 0.15) is 25.7 Å². The molecule has 0 aromatic carbocycles. The fourth-order valence-corrected chi connectivity index (χ4v) is 5.69. The van der Waals surface area contributed by atoms with Crippen LogP contribution in [0.3, 0.4) is 0 Å². The number of nitrogens with zero attached hydrogens (tertiary/aromatic N) is 5. The molecule has 4 atom stereocenters. The van der Waals surface area contributed by atoms with Gasteiger partial charge < -0.3 is 4.90 Å². The first-order chi connectivity index (χ1) is 15.0. The van der Waals surface area contributed by atoms with E-state index in [4.69, 9.17) is 0 Å². The Hall–Kier alpha value is -2.68. The van der Waals surface area contributed by atoms with Crippen molar-refractivity contribution in [1.29, 1.82) is 0 Å². The Labute approximate surface area is 180 Å². The summed E-state index contributed by atoms with van der Waals surface area (Å²) in [7, 11) is 0. The van der Waals surface area contributed by atoms with E-state index in [9.17, 15) is 19.2 Å². The molecule has 0 N–H and O–H groups in total. The highest BCUT2D eigenvalue weighted by molar-refractivity contribution is 6.13. The Morgan fingerprint density at radius 1 is 0.774 bits per heavy atom. The number of Topliss-reactive ketones (excluding diaryl/α,β-unsaturated/α-hetero) is 2. The molecule has 3 aliphatic carbocycles. The van der Waals surface area contributed by atoms with Gasteiger partial charge in [-0.1, -0.05) is 0 Å². The second-order valence-corrected chi connectivity index (χ2v) is 9.02. The molecule has 6 rings (SSSR count). The first kappa shape index (κ1) is 20.2. The molecule has 1 aromatic rings. The number of anilines is 1. The number of carbonyl (C=O) groups excluding carboxylic acids is 4. The van der Waals surface area contributed by atoms with Crippen LogP contribution < -0.4 is 4.90 Å². The van der Waals surface area contributed by atoms with E-state index in [0.717, 1.165) is 51.5 Å². The number of hydrogen-bond acceptors (Lipinski definition) is 8. The van der Waals surface area contributed by atoms with Crippen LogP contribution in [0.15, 0.2) is 18.5 Å². The molecule has 3 saturated carbocycles. The maximum atomic E-state index is 12.9. The summed E-state index contributed by atoms with van der Waals surface area (Å²) in [5, 5.41) is 0. The fraction of sp³-hybridized carbons (Fsp3) is 0.636. The third-order valence-corrected chi connectivity index (χ3v) is 7.34. The van der Waals surface area contributed by atoms with Gasteiger partial charge in [0.2, 0.25) is 17.8 Å². The molecule has 3 heterocycles. The number of likely N-dealkylation sites (tertiary alicyclic amines) is 1. The van der Waals surface area contributed by atoms with E-state index in [2.05, 4.69) is 19.8 Å². The van der Waals surface area contributed by atoms with Crippen molar-refractivity contribution < 1.29 is 19.2 Å². The average molecular weight is 425 g/mol. The molecule has 2 saturated heterocycles. The van der Waals surface area contributed by atoms with E-state index < -0.39 is 23.7 Å².